The standard InChI is InChI=1S/C20H12F2N2O3S/c1-2-7-24-17-14(22)8-11(21)9-16(17)28-20(24)23-19(26)13-10-27-15-6-4-3-5-12(15)18(13)25/h2-6,8-10H,1,7H2. The van der Waals surface area contributed by atoms with Crippen LogP contribution in [0.5, 0.6) is 0 Å². The molecule has 0 spiro atoms. The van der Waals surface area contributed by atoms with Crippen LogP contribution in [0.1, 0.15) is 10.4 Å². The third-order valence-electron chi connectivity index (χ3n) is 4.11. The molecule has 0 radical (unpaired) electrons. The van der Waals surface area contributed by atoms with Gasteiger partial charge in [0.05, 0.1) is 15.6 Å². The Hall–Kier alpha value is -3.39. The van der Waals surface area contributed by atoms with Crippen molar-refractivity contribution < 1.29 is 18.0 Å². The molecule has 0 aliphatic carbocycles. The lowest BCUT2D eigenvalue weighted by Crippen LogP contribution is -2.20. The van der Waals surface area contributed by atoms with Gasteiger partial charge in [-0.15, -0.1) is 6.58 Å². The summed E-state index contributed by atoms with van der Waals surface area (Å²) in [5.41, 5.74) is -0.286. The van der Waals surface area contributed by atoms with Gasteiger partial charge in [-0.3, -0.25) is 9.59 Å². The first kappa shape index (κ1) is 18.0. The van der Waals surface area contributed by atoms with E-state index in [0.717, 1.165) is 29.7 Å². The van der Waals surface area contributed by atoms with E-state index < -0.39 is 23.0 Å². The highest BCUT2D eigenvalue weighted by Crippen LogP contribution is 2.22. The van der Waals surface area contributed by atoms with Crippen LogP contribution in [0.25, 0.3) is 21.2 Å². The molecule has 0 unspecified atom stereocenters. The number of rotatable bonds is 3. The molecule has 8 heteroatoms. The second-order valence-electron chi connectivity index (χ2n) is 5.91. The number of fused-ring (bicyclic) bond motifs is 2. The number of aromatic nitrogens is 1. The maximum absolute atomic E-state index is 14.3. The number of thiazole rings is 1. The lowest BCUT2D eigenvalue weighted by atomic mass is 10.2. The number of hydrogen-bond donors (Lipinski definition) is 0. The molecule has 2 aromatic carbocycles. The molecule has 0 saturated heterocycles. The number of benzene rings is 2. The van der Waals surface area contributed by atoms with Gasteiger partial charge in [-0.1, -0.05) is 29.5 Å². The Kier molecular flexibility index (Phi) is 4.48. The number of carbonyl (C=O) groups is 1. The maximum Gasteiger partial charge on any atom is 0.286 e. The zero-order valence-electron chi connectivity index (χ0n) is 14.3. The van der Waals surface area contributed by atoms with Crippen LogP contribution in [-0.4, -0.2) is 10.5 Å². The minimum atomic E-state index is -0.829. The van der Waals surface area contributed by atoms with Crippen molar-refractivity contribution in [3.05, 3.63) is 87.5 Å². The van der Waals surface area contributed by atoms with Crippen LogP contribution in [0.2, 0.25) is 0 Å². The number of carbonyl (C=O) groups excluding carboxylic acids is 1. The Labute approximate surface area is 160 Å². The number of amides is 1. The Bertz CT molecular complexity index is 1380. The highest BCUT2D eigenvalue weighted by molar-refractivity contribution is 7.16. The molecule has 0 aliphatic heterocycles. The first-order chi connectivity index (χ1) is 13.5. The molecule has 4 rings (SSSR count). The lowest BCUT2D eigenvalue weighted by Gasteiger charge is -2.02. The second kappa shape index (κ2) is 6.97. The van der Waals surface area contributed by atoms with Crippen LogP contribution < -0.4 is 10.2 Å². The first-order valence-corrected chi connectivity index (χ1v) is 9.00. The fourth-order valence-corrected chi connectivity index (χ4v) is 3.96. The number of nitrogens with zero attached hydrogens (tertiary/aromatic N) is 2. The molecule has 4 aromatic rings. The van der Waals surface area contributed by atoms with E-state index in [4.69, 9.17) is 4.42 Å². The van der Waals surface area contributed by atoms with Crippen LogP contribution in [0.4, 0.5) is 8.78 Å². The van der Waals surface area contributed by atoms with Gasteiger partial charge in [-0.2, -0.15) is 4.99 Å². The zero-order chi connectivity index (χ0) is 19.8. The van der Waals surface area contributed by atoms with Gasteiger partial charge in [0, 0.05) is 12.6 Å². The Morgan fingerprint density at radius 3 is 2.86 bits per heavy atom. The summed E-state index contributed by atoms with van der Waals surface area (Å²) in [7, 11) is 0. The SMILES string of the molecule is C=CCn1c(=NC(=O)c2coc3ccccc3c2=O)sc2cc(F)cc(F)c21. The highest BCUT2D eigenvalue weighted by atomic mass is 32.1. The van der Waals surface area contributed by atoms with Crippen LogP contribution in [-0.2, 0) is 6.54 Å². The van der Waals surface area contributed by atoms with E-state index >= 15 is 0 Å². The van der Waals surface area contributed by atoms with Crippen molar-refractivity contribution in [1.82, 2.24) is 4.57 Å². The summed E-state index contributed by atoms with van der Waals surface area (Å²) >= 11 is 0.940. The summed E-state index contributed by atoms with van der Waals surface area (Å²) < 4.78 is 34.8. The van der Waals surface area contributed by atoms with Gasteiger partial charge in [-0.25, -0.2) is 8.78 Å². The average molecular weight is 398 g/mol. The fraction of sp³-hybridized carbons (Fsp3) is 0.0500. The van der Waals surface area contributed by atoms with Crippen molar-refractivity contribution in [1.29, 1.82) is 0 Å². The molecular weight excluding hydrogens is 386 g/mol. The fourth-order valence-electron chi connectivity index (χ4n) is 2.89. The summed E-state index contributed by atoms with van der Waals surface area (Å²) in [5, 5.41) is 0.256. The third kappa shape index (κ3) is 2.97. The monoisotopic (exact) mass is 398 g/mol. The van der Waals surface area contributed by atoms with E-state index in [1.54, 1.807) is 24.3 Å². The highest BCUT2D eigenvalue weighted by Gasteiger charge is 2.16. The van der Waals surface area contributed by atoms with Gasteiger partial charge in [0.1, 0.15) is 23.2 Å². The van der Waals surface area contributed by atoms with Crippen molar-refractivity contribution in [2.75, 3.05) is 0 Å². The van der Waals surface area contributed by atoms with Crippen molar-refractivity contribution in [2.45, 2.75) is 6.54 Å². The molecule has 28 heavy (non-hydrogen) atoms. The molecule has 140 valence electrons. The normalized spacial score (nSPS) is 12.0. The van der Waals surface area contributed by atoms with E-state index in [0.29, 0.717) is 5.58 Å². The largest absolute Gasteiger partial charge is 0.463 e. The third-order valence-corrected chi connectivity index (χ3v) is 5.14. The first-order valence-electron chi connectivity index (χ1n) is 8.18. The molecule has 1 amide bonds. The van der Waals surface area contributed by atoms with Crippen molar-refractivity contribution in [3.63, 3.8) is 0 Å². The smallest absolute Gasteiger partial charge is 0.286 e. The Balaban J connectivity index is 1.93. The second-order valence-corrected chi connectivity index (χ2v) is 6.92. The van der Waals surface area contributed by atoms with Crippen molar-refractivity contribution >= 4 is 38.4 Å². The predicted molar refractivity (Wildman–Crippen MR) is 102 cm³/mol. The zero-order valence-corrected chi connectivity index (χ0v) is 15.1. The molecule has 5 nitrogen and oxygen atoms in total. The summed E-state index contributed by atoms with van der Waals surface area (Å²) in [6.07, 6.45) is 2.56. The van der Waals surface area contributed by atoms with Gasteiger partial charge < -0.3 is 8.98 Å². The number of halogens is 2. The molecule has 2 heterocycles. The summed E-state index contributed by atoms with van der Waals surface area (Å²) in [5.74, 6) is -2.33. The molecule has 2 aromatic heterocycles. The van der Waals surface area contributed by atoms with E-state index in [2.05, 4.69) is 11.6 Å². The van der Waals surface area contributed by atoms with E-state index in [1.165, 1.54) is 10.6 Å². The van der Waals surface area contributed by atoms with Crippen molar-refractivity contribution in [2.24, 2.45) is 4.99 Å². The predicted octanol–water partition coefficient (Wildman–Crippen LogP) is 4.01. The lowest BCUT2D eigenvalue weighted by molar-refractivity contribution is 0.0995. The molecule has 0 saturated carbocycles. The molecule has 0 bridgehead atoms. The van der Waals surface area contributed by atoms with Crippen LogP contribution in [0.3, 0.4) is 0 Å². The van der Waals surface area contributed by atoms with Crippen LogP contribution in [0, 0.1) is 11.6 Å². The van der Waals surface area contributed by atoms with Gasteiger partial charge >= 0.3 is 0 Å². The number of allylic oxidation sites excluding steroid dienone is 1. The van der Waals surface area contributed by atoms with E-state index in [-0.39, 0.29) is 32.5 Å². The summed E-state index contributed by atoms with van der Waals surface area (Å²) in [6.45, 7) is 3.77. The number of para-hydroxylation sites is 1. The topological polar surface area (TPSA) is 64.6 Å². The molecule has 0 atom stereocenters. The Morgan fingerprint density at radius 1 is 1.29 bits per heavy atom. The van der Waals surface area contributed by atoms with E-state index in [9.17, 15) is 18.4 Å². The average Bonchev–Trinajstić information content (AvgIpc) is 2.99. The maximum atomic E-state index is 14.3. The van der Waals surface area contributed by atoms with Crippen LogP contribution in [0.15, 0.2) is 69.5 Å². The minimum absolute atomic E-state index is 0.114. The number of hydrogen-bond acceptors (Lipinski definition) is 4. The van der Waals surface area contributed by atoms with Crippen molar-refractivity contribution in [3.8, 4) is 0 Å². The summed E-state index contributed by atoms with van der Waals surface area (Å²) in [4.78, 5) is 29.3. The van der Waals surface area contributed by atoms with Gasteiger partial charge in [-0.05, 0) is 18.2 Å². The molecule has 0 aliphatic rings. The molecule has 0 N–H and O–H groups in total. The van der Waals surface area contributed by atoms with Crippen LogP contribution >= 0.6 is 11.3 Å². The quantitative estimate of drug-likeness (QED) is 0.490. The van der Waals surface area contributed by atoms with Gasteiger partial charge in [0.2, 0.25) is 5.43 Å². The van der Waals surface area contributed by atoms with Gasteiger partial charge in [0.25, 0.3) is 5.91 Å². The van der Waals surface area contributed by atoms with Gasteiger partial charge in [0.15, 0.2) is 10.6 Å². The molecule has 0 fully saturated rings. The van der Waals surface area contributed by atoms with E-state index in [1.807, 2.05) is 0 Å². The minimum Gasteiger partial charge on any atom is -0.463 e. The molecular formula is C20H12F2N2O3S. The Morgan fingerprint density at radius 2 is 2.07 bits per heavy atom. The summed E-state index contributed by atoms with van der Waals surface area (Å²) in [6, 6.07) is 8.46.